The minimum absolute atomic E-state index is 0.390. The predicted molar refractivity (Wildman–Crippen MR) is 80.3 cm³/mol. The molecule has 0 aliphatic carbocycles. The van der Waals surface area contributed by atoms with Crippen molar-refractivity contribution in [3.8, 4) is 6.07 Å². The zero-order valence-electron chi connectivity index (χ0n) is 11.4. The Morgan fingerprint density at radius 3 is 2.40 bits per heavy atom. The molecule has 1 aliphatic rings. The number of piperidine rings is 1. The van der Waals surface area contributed by atoms with E-state index in [0.29, 0.717) is 12.0 Å². The Hall–Kier alpha value is -2.11. The summed E-state index contributed by atoms with van der Waals surface area (Å²) in [5.74, 6) is 0.623. The minimum atomic E-state index is 0.390. The molecular weight excluding hydrogens is 244 g/mol. The molecule has 1 N–H and O–H groups in total. The maximum absolute atomic E-state index is 8.86. The third-order valence-corrected chi connectivity index (χ3v) is 4.12. The van der Waals surface area contributed by atoms with Crippen molar-refractivity contribution < 1.29 is 0 Å². The SMILES string of the molecule is N#Cc1ccc(C2CC(c3ccccc3)CCN2)cc1. The van der Waals surface area contributed by atoms with Crippen LogP contribution in [-0.4, -0.2) is 6.54 Å². The first-order chi connectivity index (χ1) is 9.86. The van der Waals surface area contributed by atoms with Gasteiger partial charge in [0.2, 0.25) is 0 Å². The Morgan fingerprint density at radius 2 is 1.70 bits per heavy atom. The van der Waals surface area contributed by atoms with Crippen LogP contribution in [0, 0.1) is 11.3 Å². The summed E-state index contributed by atoms with van der Waals surface area (Å²) >= 11 is 0. The molecule has 2 atom stereocenters. The number of hydrogen-bond acceptors (Lipinski definition) is 2. The van der Waals surface area contributed by atoms with Gasteiger partial charge in [0, 0.05) is 6.04 Å². The normalized spacial score (nSPS) is 22.1. The average Bonchev–Trinajstić information content (AvgIpc) is 2.56. The number of rotatable bonds is 2. The van der Waals surface area contributed by atoms with Crippen molar-refractivity contribution in [3.05, 3.63) is 71.3 Å². The van der Waals surface area contributed by atoms with Crippen LogP contribution in [0.2, 0.25) is 0 Å². The molecule has 0 spiro atoms. The van der Waals surface area contributed by atoms with E-state index in [1.165, 1.54) is 17.5 Å². The van der Waals surface area contributed by atoms with E-state index < -0.39 is 0 Å². The maximum Gasteiger partial charge on any atom is 0.0991 e. The zero-order chi connectivity index (χ0) is 13.8. The lowest BCUT2D eigenvalue weighted by Gasteiger charge is -2.31. The third kappa shape index (κ3) is 2.74. The highest BCUT2D eigenvalue weighted by Crippen LogP contribution is 2.33. The molecule has 3 rings (SSSR count). The maximum atomic E-state index is 8.86. The average molecular weight is 262 g/mol. The highest BCUT2D eigenvalue weighted by molar-refractivity contribution is 5.33. The molecule has 0 radical (unpaired) electrons. The van der Waals surface area contributed by atoms with Crippen LogP contribution in [0.15, 0.2) is 54.6 Å². The largest absolute Gasteiger partial charge is 0.310 e. The first-order valence-electron chi connectivity index (χ1n) is 7.15. The van der Waals surface area contributed by atoms with Gasteiger partial charge >= 0.3 is 0 Å². The molecule has 0 saturated carbocycles. The molecule has 0 aromatic heterocycles. The van der Waals surface area contributed by atoms with Gasteiger partial charge in [0.05, 0.1) is 11.6 Å². The Labute approximate surface area is 120 Å². The van der Waals surface area contributed by atoms with Gasteiger partial charge in [-0.2, -0.15) is 5.26 Å². The molecule has 2 aromatic rings. The van der Waals surface area contributed by atoms with E-state index in [1.807, 2.05) is 12.1 Å². The molecule has 1 saturated heterocycles. The first kappa shape index (κ1) is 12.9. The van der Waals surface area contributed by atoms with Gasteiger partial charge < -0.3 is 5.32 Å². The van der Waals surface area contributed by atoms with E-state index in [1.54, 1.807) is 0 Å². The fourth-order valence-electron chi connectivity index (χ4n) is 2.99. The van der Waals surface area contributed by atoms with Crippen molar-refractivity contribution in [1.82, 2.24) is 5.32 Å². The van der Waals surface area contributed by atoms with E-state index in [4.69, 9.17) is 5.26 Å². The molecule has 2 heteroatoms. The van der Waals surface area contributed by atoms with E-state index in [2.05, 4.69) is 53.9 Å². The topological polar surface area (TPSA) is 35.8 Å². The Balaban J connectivity index is 1.76. The van der Waals surface area contributed by atoms with Crippen molar-refractivity contribution in [2.24, 2.45) is 0 Å². The molecule has 2 nitrogen and oxygen atoms in total. The van der Waals surface area contributed by atoms with E-state index in [9.17, 15) is 0 Å². The second-order valence-electron chi connectivity index (χ2n) is 5.37. The van der Waals surface area contributed by atoms with Gasteiger partial charge in [-0.05, 0) is 48.6 Å². The van der Waals surface area contributed by atoms with Gasteiger partial charge in [-0.25, -0.2) is 0 Å². The van der Waals surface area contributed by atoms with Crippen LogP contribution in [0.3, 0.4) is 0 Å². The summed E-state index contributed by atoms with van der Waals surface area (Å²) < 4.78 is 0. The Morgan fingerprint density at radius 1 is 0.950 bits per heavy atom. The van der Waals surface area contributed by atoms with Gasteiger partial charge in [0.25, 0.3) is 0 Å². The Kier molecular flexibility index (Phi) is 3.80. The molecule has 2 aromatic carbocycles. The quantitative estimate of drug-likeness (QED) is 0.894. The zero-order valence-corrected chi connectivity index (χ0v) is 11.4. The van der Waals surface area contributed by atoms with Gasteiger partial charge in [-0.15, -0.1) is 0 Å². The number of nitrogens with one attached hydrogen (secondary N) is 1. The molecule has 1 fully saturated rings. The number of nitrogens with zero attached hydrogens (tertiary/aromatic N) is 1. The standard InChI is InChI=1S/C18H18N2/c19-13-14-6-8-16(9-7-14)18-12-17(10-11-20-18)15-4-2-1-3-5-15/h1-9,17-18,20H,10-12H2. The summed E-state index contributed by atoms with van der Waals surface area (Å²) in [5.41, 5.74) is 3.45. The number of hydrogen-bond donors (Lipinski definition) is 1. The minimum Gasteiger partial charge on any atom is -0.310 e. The first-order valence-corrected chi connectivity index (χ1v) is 7.15. The summed E-state index contributed by atoms with van der Waals surface area (Å²) in [4.78, 5) is 0. The fourth-order valence-corrected chi connectivity index (χ4v) is 2.99. The second kappa shape index (κ2) is 5.90. The van der Waals surface area contributed by atoms with Crippen molar-refractivity contribution in [2.75, 3.05) is 6.54 Å². The summed E-state index contributed by atoms with van der Waals surface area (Å²) in [7, 11) is 0. The summed E-state index contributed by atoms with van der Waals surface area (Å²) in [6.45, 7) is 1.05. The van der Waals surface area contributed by atoms with Crippen molar-refractivity contribution >= 4 is 0 Å². The summed E-state index contributed by atoms with van der Waals surface area (Å²) in [6, 6.07) is 21.3. The van der Waals surface area contributed by atoms with Crippen LogP contribution >= 0.6 is 0 Å². The van der Waals surface area contributed by atoms with Gasteiger partial charge in [0.1, 0.15) is 0 Å². The lowest BCUT2D eigenvalue weighted by molar-refractivity contribution is 0.370. The smallest absolute Gasteiger partial charge is 0.0991 e. The lowest BCUT2D eigenvalue weighted by atomic mass is 9.84. The van der Waals surface area contributed by atoms with Gasteiger partial charge in [0.15, 0.2) is 0 Å². The molecular formula is C18H18N2. The van der Waals surface area contributed by atoms with E-state index in [-0.39, 0.29) is 0 Å². The van der Waals surface area contributed by atoms with Crippen LogP contribution in [0.5, 0.6) is 0 Å². The monoisotopic (exact) mass is 262 g/mol. The third-order valence-electron chi connectivity index (χ3n) is 4.12. The number of benzene rings is 2. The number of nitriles is 1. The summed E-state index contributed by atoms with van der Waals surface area (Å²) in [6.07, 6.45) is 2.31. The van der Waals surface area contributed by atoms with Crippen LogP contribution in [0.1, 0.15) is 41.5 Å². The second-order valence-corrected chi connectivity index (χ2v) is 5.37. The molecule has 1 heterocycles. The van der Waals surface area contributed by atoms with Crippen molar-refractivity contribution in [1.29, 1.82) is 5.26 Å². The highest BCUT2D eigenvalue weighted by atomic mass is 14.9. The van der Waals surface area contributed by atoms with Crippen LogP contribution < -0.4 is 5.32 Å². The van der Waals surface area contributed by atoms with E-state index >= 15 is 0 Å². The van der Waals surface area contributed by atoms with Crippen LogP contribution in [0.4, 0.5) is 0 Å². The van der Waals surface area contributed by atoms with Crippen LogP contribution in [0.25, 0.3) is 0 Å². The van der Waals surface area contributed by atoms with Crippen molar-refractivity contribution in [3.63, 3.8) is 0 Å². The fraction of sp³-hybridized carbons (Fsp3) is 0.278. The summed E-state index contributed by atoms with van der Waals surface area (Å²) in [5, 5.41) is 12.5. The Bertz CT molecular complexity index is 596. The molecule has 2 unspecified atom stereocenters. The van der Waals surface area contributed by atoms with Crippen LogP contribution in [-0.2, 0) is 0 Å². The van der Waals surface area contributed by atoms with E-state index in [0.717, 1.165) is 18.5 Å². The molecule has 0 bridgehead atoms. The molecule has 0 amide bonds. The van der Waals surface area contributed by atoms with Crippen molar-refractivity contribution in [2.45, 2.75) is 24.8 Å². The molecule has 100 valence electrons. The molecule has 20 heavy (non-hydrogen) atoms. The lowest BCUT2D eigenvalue weighted by Crippen LogP contribution is -2.30. The molecule has 1 aliphatic heterocycles. The predicted octanol–water partition coefficient (Wildman–Crippen LogP) is 3.77. The van der Waals surface area contributed by atoms with Gasteiger partial charge in [-0.3, -0.25) is 0 Å². The van der Waals surface area contributed by atoms with Gasteiger partial charge in [-0.1, -0.05) is 42.5 Å². The highest BCUT2D eigenvalue weighted by Gasteiger charge is 2.23.